The Hall–Kier alpha value is -2.21. The fourth-order valence-corrected chi connectivity index (χ4v) is 2.94. The van der Waals surface area contributed by atoms with E-state index in [1.807, 2.05) is 41.9 Å². The number of morpholine rings is 1. The highest BCUT2D eigenvalue weighted by atomic mass is 16.5. The molecule has 2 heterocycles. The zero-order chi connectivity index (χ0) is 17.3. The van der Waals surface area contributed by atoms with E-state index in [9.17, 15) is 4.79 Å². The maximum absolute atomic E-state index is 11.9. The van der Waals surface area contributed by atoms with Crippen molar-refractivity contribution in [2.45, 2.75) is 46.4 Å². The predicted molar refractivity (Wildman–Crippen MR) is 90.2 cm³/mol. The SMILES string of the molecule is Cc1nc([C@H]2OCC(=O)N[C@@H]2c2ccccc2)n(CC(C)(C)C)n1. The van der Waals surface area contributed by atoms with Crippen molar-refractivity contribution < 1.29 is 9.53 Å². The molecule has 0 spiro atoms. The molecule has 1 aliphatic heterocycles. The van der Waals surface area contributed by atoms with Gasteiger partial charge in [0.15, 0.2) is 5.82 Å². The molecule has 3 rings (SSSR count). The second-order valence-corrected chi connectivity index (χ2v) is 7.42. The topological polar surface area (TPSA) is 69.0 Å². The van der Waals surface area contributed by atoms with E-state index in [1.54, 1.807) is 0 Å². The summed E-state index contributed by atoms with van der Waals surface area (Å²) in [6.45, 7) is 9.12. The molecule has 0 unspecified atom stereocenters. The third-order valence-electron chi connectivity index (χ3n) is 3.86. The number of aromatic nitrogens is 3. The number of amides is 1. The molecule has 1 saturated heterocycles. The molecule has 0 radical (unpaired) electrons. The molecule has 6 heteroatoms. The number of hydrogen-bond donors (Lipinski definition) is 1. The fraction of sp³-hybridized carbons (Fsp3) is 0.500. The average Bonchev–Trinajstić information content (AvgIpc) is 2.86. The standard InChI is InChI=1S/C18H24N4O2/c1-12-19-17(22(21-12)11-18(2,3)4)16-15(20-14(23)10-24-16)13-8-6-5-7-9-13/h5-9,15-16H,10-11H2,1-4H3,(H,20,23)/t15-,16+/m1/s1. The van der Waals surface area contributed by atoms with Crippen molar-refractivity contribution in [1.29, 1.82) is 0 Å². The number of ether oxygens (including phenoxy) is 1. The number of nitrogens with one attached hydrogen (secondary N) is 1. The smallest absolute Gasteiger partial charge is 0.246 e. The van der Waals surface area contributed by atoms with Crippen LogP contribution in [-0.2, 0) is 16.1 Å². The normalized spacial score (nSPS) is 21.6. The van der Waals surface area contributed by atoms with Gasteiger partial charge >= 0.3 is 0 Å². The summed E-state index contributed by atoms with van der Waals surface area (Å²) in [7, 11) is 0. The highest BCUT2D eigenvalue weighted by molar-refractivity contribution is 5.78. The lowest BCUT2D eigenvalue weighted by Crippen LogP contribution is -2.42. The van der Waals surface area contributed by atoms with E-state index >= 15 is 0 Å². The minimum atomic E-state index is -0.353. The van der Waals surface area contributed by atoms with Crippen LogP contribution < -0.4 is 5.32 Å². The van der Waals surface area contributed by atoms with E-state index in [1.165, 1.54) is 0 Å². The molecule has 6 nitrogen and oxygen atoms in total. The number of benzene rings is 1. The number of carbonyl (C=O) groups is 1. The van der Waals surface area contributed by atoms with E-state index in [0.29, 0.717) is 5.82 Å². The number of aryl methyl sites for hydroxylation is 1. The van der Waals surface area contributed by atoms with Crippen LogP contribution in [0.25, 0.3) is 0 Å². The van der Waals surface area contributed by atoms with E-state index in [2.05, 4.69) is 36.2 Å². The zero-order valence-electron chi connectivity index (χ0n) is 14.6. The maximum atomic E-state index is 11.9. The predicted octanol–water partition coefficient (Wildman–Crippen LogP) is 2.56. The van der Waals surface area contributed by atoms with Gasteiger partial charge in [0.05, 0.1) is 6.04 Å². The lowest BCUT2D eigenvalue weighted by Gasteiger charge is -2.32. The molecule has 0 saturated carbocycles. The van der Waals surface area contributed by atoms with Gasteiger partial charge in [0, 0.05) is 6.54 Å². The summed E-state index contributed by atoms with van der Waals surface area (Å²) < 4.78 is 7.79. The summed E-state index contributed by atoms with van der Waals surface area (Å²) in [6, 6.07) is 9.58. The van der Waals surface area contributed by atoms with Crippen molar-refractivity contribution in [1.82, 2.24) is 20.1 Å². The molecule has 1 aromatic carbocycles. The molecule has 1 N–H and O–H groups in total. The van der Waals surface area contributed by atoms with E-state index < -0.39 is 0 Å². The first-order valence-corrected chi connectivity index (χ1v) is 8.21. The van der Waals surface area contributed by atoms with Crippen LogP contribution in [0.4, 0.5) is 0 Å². The van der Waals surface area contributed by atoms with E-state index in [-0.39, 0.29) is 30.1 Å². The van der Waals surface area contributed by atoms with Crippen molar-refractivity contribution in [2.75, 3.05) is 6.61 Å². The Labute approximate surface area is 142 Å². The maximum Gasteiger partial charge on any atom is 0.246 e. The number of carbonyl (C=O) groups excluding carboxylic acids is 1. The van der Waals surface area contributed by atoms with Crippen LogP contribution in [0, 0.1) is 12.3 Å². The van der Waals surface area contributed by atoms with Gasteiger partial charge in [0.1, 0.15) is 18.5 Å². The third kappa shape index (κ3) is 3.64. The number of hydrogen-bond acceptors (Lipinski definition) is 4. The van der Waals surface area contributed by atoms with Crippen molar-refractivity contribution in [2.24, 2.45) is 5.41 Å². The van der Waals surface area contributed by atoms with Crippen LogP contribution in [0.3, 0.4) is 0 Å². The quantitative estimate of drug-likeness (QED) is 0.940. The molecule has 1 fully saturated rings. The lowest BCUT2D eigenvalue weighted by atomic mass is 9.96. The van der Waals surface area contributed by atoms with E-state index in [4.69, 9.17) is 4.74 Å². The molecule has 128 valence electrons. The van der Waals surface area contributed by atoms with Gasteiger partial charge in [-0.15, -0.1) is 0 Å². The summed E-state index contributed by atoms with van der Waals surface area (Å²) in [4.78, 5) is 16.5. The Morgan fingerprint density at radius 3 is 2.67 bits per heavy atom. The summed E-state index contributed by atoms with van der Waals surface area (Å²) in [5, 5.41) is 7.57. The molecule has 0 aliphatic carbocycles. The molecule has 1 amide bonds. The molecular formula is C18H24N4O2. The van der Waals surface area contributed by atoms with Crippen LogP contribution >= 0.6 is 0 Å². The van der Waals surface area contributed by atoms with Gasteiger partial charge in [-0.3, -0.25) is 4.79 Å². The average molecular weight is 328 g/mol. The minimum Gasteiger partial charge on any atom is -0.358 e. The summed E-state index contributed by atoms with van der Waals surface area (Å²) in [5.74, 6) is 1.36. The van der Waals surface area contributed by atoms with Crippen molar-refractivity contribution in [3.05, 3.63) is 47.5 Å². The second kappa shape index (κ2) is 6.36. The van der Waals surface area contributed by atoms with Crippen LogP contribution in [0.15, 0.2) is 30.3 Å². The minimum absolute atomic E-state index is 0.0371. The molecule has 1 aromatic heterocycles. The summed E-state index contributed by atoms with van der Waals surface area (Å²) in [5.41, 5.74) is 1.06. The van der Waals surface area contributed by atoms with Gasteiger partial charge in [-0.1, -0.05) is 51.1 Å². The highest BCUT2D eigenvalue weighted by Crippen LogP contribution is 2.34. The lowest BCUT2D eigenvalue weighted by molar-refractivity contribution is -0.138. The summed E-state index contributed by atoms with van der Waals surface area (Å²) >= 11 is 0. The van der Waals surface area contributed by atoms with Crippen molar-refractivity contribution in [3.8, 4) is 0 Å². The Kier molecular flexibility index (Phi) is 4.41. The fourth-order valence-electron chi connectivity index (χ4n) is 2.94. The molecule has 0 bridgehead atoms. The van der Waals surface area contributed by atoms with Crippen LogP contribution in [0.5, 0.6) is 0 Å². The van der Waals surface area contributed by atoms with Crippen molar-refractivity contribution in [3.63, 3.8) is 0 Å². The first-order chi connectivity index (χ1) is 11.3. The first-order valence-electron chi connectivity index (χ1n) is 8.21. The molecule has 1 aliphatic rings. The third-order valence-corrected chi connectivity index (χ3v) is 3.86. The van der Waals surface area contributed by atoms with Crippen molar-refractivity contribution >= 4 is 5.91 Å². The zero-order valence-corrected chi connectivity index (χ0v) is 14.6. The van der Waals surface area contributed by atoms with Crippen LogP contribution in [-0.4, -0.2) is 27.3 Å². The monoisotopic (exact) mass is 328 g/mol. The Morgan fingerprint density at radius 2 is 2.00 bits per heavy atom. The highest BCUT2D eigenvalue weighted by Gasteiger charge is 2.36. The van der Waals surface area contributed by atoms with Gasteiger partial charge in [-0.2, -0.15) is 5.10 Å². The van der Waals surface area contributed by atoms with Gasteiger partial charge in [-0.05, 0) is 17.9 Å². The Morgan fingerprint density at radius 1 is 1.29 bits per heavy atom. The molecular weight excluding hydrogens is 304 g/mol. The first kappa shape index (κ1) is 16.6. The van der Waals surface area contributed by atoms with Crippen LogP contribution in [0.1, 0.15) is 50.1 Å². The molecule has 2 aromatic rings. The van der Waals surface area contributed by atoms with E-state index in [0.717, 1.165) is 17.9 Å². The number of nitrogens with zero attached hydrogens (tertiary/aromatic N) is 3. The molecule has 24 heavy (non-hydrogen) atoms. The van der Waals surface area contributed by atoms with Gasteiger partial charge in [0.2, 0.25) is 5.91 Å². The largest absolute Gasteiger partial charge is 0.358 e. The molecule has 2 atom stereocenters. The Bertz CT molecular complexity index is 718. The van der Waals surface area contributed by atoms with Crippen LogP contribution in [0.2, 0.25) is 0 Å². The van der Waals surface area contributed by atoms with Gasteiger partial charge < -0.3 is 10.1 Å². The number of rotatable bonds is 3. The van der Waals surface area contributed by atoms with Gasteiger partial charge in [0.25, 0.3) is 0 Å². The second-order valence-electron chi connectivity index (χ2n) is 7.42. The Balaban J connectivity index is 1.98. The van der Waals surface area contributed by atoms with Gasteiger partial charge in [-0.25, -0.2) is 9.67 Å². The summed E-state index contributed by atoms with van der Waals surface area (Å²) in [6.07, 6.45) is -0.353.